The molecule has 6 N–H and O–H groups in total. The highest BCUT2D eigenvalue weighted by molar-refractivity contribution is 7.89. The van der Waals surface area contributed by atoms with Crippen LogP contribution in [0.5, 0.6) is 0 Å². The number of aliphatic carboxylic acids is 1. The maximum absolute atomic E-state index is 14.0. The van der Waals surface area contributed by atoms with Crippen LogP contribution in [0.1, 0.15) is 40.7 Å². The number of hydrogen-bond acceptors (Lipinski definition) is 7. The molecule has 12 nitrogen and oxygen atoms in total. The van der Waals surface area contributed by atoms with Crippen molar-refractivity contribution in [1.82, 2.24) is 30.2 Å². The monoisotopic (exact) mass is 615 g/mol. The Morgan fingerprint density at radius 3 is 2.41 bits per heavy atom. The van der Waals surface area contributed by atoms with Crippen LogP contribution in [0.4, 0.5) is 5.95 Å². The van der Waals surface area contributed by atoms with Crippen molar-refractivity contribution in [3.8, 4) is 11.1 Å². The van der Waals surface area contributed by atoms with E-state index in [4.69, 9.17) is 0 Å². The zero-order valence-corrected chi connectivity index (χ0v) is 25.0. The van der Waals surface area contributed by atoms with Crippen LogP contribution in [0, 0.1) is 13.8 Å². The van der Waals surface area contributed by atoms with Crippen molar-refractivity contribution >= 4 is 38.8 Å². The normalized spacial score (nSPS) is 13.0. The lowest BCUT2D eigenvalue weighted by atomic mass is 10.0. The van der Waals surface area contributed by atoms with Crippen LogP contribution in [0.3, 0.4) is 0 Å². The van der Waals surface area contributed by atoms with Crippen LogP contribution >= 0.6 is 0 Å². The van der Waals surface area contributed by atoms with Gasteiger partial charge in [-0.25, -0.2) is 18.2 Å². The van der Waals surface area contributed by atoms with E-state index < -0.39 is 27.6 Å². The first-order chi connectivity index (χ1) is 21.1. The first kappa shape index (κ1) is 30.4. The molecule has 44 heavy (non-hydrogen) atoms. The highest BCUT2D eigenvalue weighted by Gasteiger charge is 2.44. The number of sulfonamides is 1. The number of amides is 1. The average molecular weight is 616 g/mol. The number of carboxylic acid groups (broad SMARTS) is 1. The average Bonchev–Trinajstić information content (AvgIpc) is 3.68. The number of carbonyl (C=O) groups excluding carboxylic acids is 1. The van der Waals surface area contributed by atoms with E-state index in [9.17, 15) is 23.1 Å². The first-order valence-corrected chi connectivity index (χ1v) is 15.5. The molecule has 13 heteroatoms. The number of unbranched alkanes of at least 4 members (excludes halogenated alkanes) is 1. The summed E-state index contributed by atoms with van der Waals surface area (Å²) in [6.07, 6.45) is 5.31. The maximum atomic E-state index is 14.0. The van der Waals surface area contributed by atoms with Gasteiger partial charge in [0.1, 0.15) is 0 Å². The number of aromatic nitrogens is 4. The molecule has 0 saturated carbocycles. The molecule has 5 aromatic rings. The molecule has 0 spiro atoms. The zero-order valence-electron chi connectivity index (χ0n) is 24.2. The third-order valence-corrected chi connectivity index (χ3v) is 9.11. The van der Waals surface area contributed by atoms with Gasteiger partial charge in [0.05, 0.1) is 16.6 Å². The number of carbonyl (C=O) groups is 2. The van der Waals surface area contributed by atoms with Gasteiger partial charge in [-0.3, -0.25) is 9.89 Å². The molecule has 0 fully saturated rings. The van der Waals surface area contributed by atoms with Crippen LogP contribution < -0.4 is 15.4 Å². The van der Waals surface area contributed by atoms with Gasteiger partial charge >= 0.3 is 5.97 Å². The smallest absolute Gasteiger partial charge is 0.345 e. The Kier molecular flexibility index (Phi) is 8.78. The fourth-order valence-electron chi connectivity index (χ4n) is 5.23. The Hall–Kier alpha value is -5.01. The Labute approximate surface area is 254 Å². The SMILES string of the molecule is Cc1cc(-c2ccccc2)cc(C)c1S(=O)(=O)NC(CCCCNc1ncc[nH]1)(NC(=O)c1ccc2[nH]ncc2c1)C(=O)O. The Morgan fingerprint density at radius 1 is 0.977 bits per heavy atom. The summed E-state index contributed by atoms with van der Waals surface area (Å²) >= 11 is 0. The summed E-state index contributed by atoms with van der Waals surface area (Å²) in [5.41, 5.74) is 1.13. The standard InChI is InChI=1S/C31H33N7O5S/c1-20-16-24(22-8-4-3-5-9-22)17-21(2)27(20)44(42,43)38-31(29(40)41,12-6-7-13-32-30-33-14-15-34-30)36-28(39)23-10-11-26-25(18-23)19-35-37-26/h3-5,8-11,14-19,38H,6-7,12-13H2,1-2H3,(H,35,37)(H,36,39)(H,40,41)(H2,32,33,34). The van der Waals surface area contributed by atoms with Gasteiger partial charge in [-0.05, 0) is 73.6 Å². The molecule has 1 unspecified atom stereocenters. The van der Waals surface area contributed by atoms with Gasteiger partial charge in [0.2, 0.25) is 15.7 Å². The van der Waals surface area contributed by atoms with Gasteiger partial charge in [-0.15, -0.1) is 0 Å². The number of imidazole rings is 1. The molecule has 2 heterocycles. The number of aryl methyl sites for hydroxylation is 2. The number of nitrogens with zero attached hydrogens (tertiary/aromatic N) is 2. The molecule has 1 atom stereocenters. The van der Waals surface area contributed by atoms with Crippen molar-refractivity contribution in [2.45, 2.75) is 43.7 Å². The molecule has 1 amide bonds. The Morgan fingerprint density at radius 2 is 1.73 bits per heavy atom. The van der Waals surface area contributed by atoms with E-state index in [0.29, 0.717) is 40.9 Å². The number of rotatable bonds is 13. The van der Waals surface area contributed by atoms with Crippen molar-refractivity contribution in [1.29, 1.82) is 0 Å². The highest BCUT2D eigenvalue weighted by Crippen LogP contribution is 2.29. The van der Waals surface area contributed by atoms with Crippen molar-refractivity contribution in [2.24, 2.45) is 0 Å². The number of fused-ring (bicyclic) bond motifs is 1. The van der Waals surface area contributed by atoms with Crippen molar-refractivity contribution < 1.29 is 23.1 Å². The zero-order chi connectivity index (χ0) is 31.3. The van der Waals surface area contributed by atoms with E-state index in [-0.39, 0.29) is 23.3 Å². The Balaban J connectivity index is 1.45. The van der Waals surface area contributed by atoms with Crippen LogP contribution in [0.25, 0.3) is 22.0 Å². The molecule has 228 valence electrons. The number of benzene rings is 3. The summed E-state index contributed by atoms with van der Waals surface area (Å²) in [5, 5.41) is 23.5. The second kappa shape index (κ2) is 12.7. The second-order valence-corrected chi connectivity index (χ2v) is 12.2. The van der Waals surface area contributed by atoms with Gasteiger partial charge in [0, 0.05) is 29.9 Å². The van der Waals surface area contributed by atoms with Gasteiger partial charge in [0.25, 0.3) is 5.91 Å². The van der Waals surface area contributed by atoms with E-state index in [1.807, 2.05) is 30.3 Å². The fraction of sp³-hybridized carbons (Fsp3) is 0.226. The highest BCUT2D eigenvalue weighted by atomic mass is 32.2. The predicted molar refractivity (Wildman–Crippen MR) is 167 cm³/mol. The molecule has 3 aromatic carbocycles. The summed E-state index contributed by atoms with van der Waals surface area (Å²) in [6, 6.07) is 17.7. The van der Waals surface area contributed by atoms with Crippen molar-refractivity contribution in [3.63, 3.8) is 0 Å². The number of aromatic amines is 2. The first-order valence-electron chi connectivity index (χ1n) is 14.0. The van der Waals surface area contributed by atoms with E-state index in [2.05, 4.69) is 35.5 Å². The lowest BCUT2D eigenvalue weighted by Gasteiger charge is -2.32. The minimum absolute atomic E-state index is 0.0450. The van der Waals surface area contributed by atoms with Crippen LogP contribution in [0.15, 0.2) is 84.1 Å². The second-order valence-electron chi connectivity index (χ2n) is 10.6. The summed E-state index contributed by atoms with van der Waals surface area (Å²) in [5.74, 6) is -1.73. The topological polar surface area (TPSA) is 182 Å². The quantitative estimate of drug-likeness (QED) is 0.0835. The minimum Gasteiger partial charge on any atom is -0.478 e. The Bertz CT molecular complexity index is 1870. The minimum atomic E-state index is -4.45. The largest absolute Gasteiger partial charge is 0.478 e. The summed E-state index contributed by atoms with van der Waals surface area (Å²) in [6.45, 7) is 3.77. The summed E-state index contributed by atoms with van der Waals surface area (Å²) < 4.78 is 30.3. The molecule has 5 rings (SSSR count). The van der Waals surface area contributed by atoms with E-state index in [1.54, 1.807) is 50.5 Å². The third kappa shape index (κ3) is 6.63. The van der Waals surface area contributed by atoms with Crippen LogP contribution in [-0.4, -0.2) is 57.8 Å². The lowest BCUT2D eigenvalue weighted by Crippen LogP contribution is -2.65. The number of nitrogens with one attached hydrogen (secondary N) is 5. The number of H-pyrrole nitrogens is 2. The van der Waals surface area contributed by atoms with E-state index in [1.165, 1.54) is 12.3 Å². The molecular weight excluding hydrogens is 582 g/mol. The van der Waals surface area contributed by atoms with E-state index >= 15 is 0 Å². The molecule has 0 aliphatic rings. The third-order valence-electron chi connectivity index (χ3n) is 7.31. The molecule has 2 aromatic heterocycles. The predicted octanol–water partition coefficient (Wildman–Crippen LogP) is 4.34. The van der Waals surface area contributed by atoms with Crippen molar-refractivity contribution in [2.75, 3.05) is 11.9 Å². The molecule has 0 radical (unpaired) electrons. The van der Waals surface area contributed by atoms with Gasteiger partial charge < -0.3 is 20.7 Å². The summed E-state index contributed by atoms with van der Waals surface area (Å²) in [7, 11) is -4.45. The molecule has 0 bridgehead atoms. The maximum Gasteiger partial charge on any atom is 0.345 e. The van der Waals surface area contributed by atoms with Gasteiger partial charge in [0.15, 0.2) is 5.95 Å². The van der Waals surface area contributed by atoms with E-state index in [0.717, 1.165) is 11.1 Å². The molecular formula is C31H33N7O5S. The lowest BCUT2D eigenvalue weighted by molar-refractivity contribution is -0.145. The molecule has 0 aliphatic heterocycles. The van der Waals surface area contributed by atoms with Crippen LogP contribution in [-0.2, 0) is 14.8 Å². The van der Waals surface area contributed by atoms with Crippen molar-refractivity contribution in [3.05, 3.63) is 95.9 Å². The molecule has 0 saturated heterocycles. The van der Waals surface area contributed by atoms with Crippen LogP contribution in [0.2, 0.25) is 0 Å². The molecule has 0 aliphatic carbocycles. The van der Waals surface area contributed by atoms with Gasteiger partial charge in [-0.1, -0.05) is 42.5 Å². The number of carboxylic acids is 1. The number of anilines is 1. The fourth-order valence-corrected chi connectivity index (χ4v) is 7.00. The van der Waals surface area contributed by atoms with Gasteiger partial charge in [-0.2, -0.15) is 9.82 Å². The number of hydrogen-bond donors (Lipinski definition) is 6. The summed E-state index contributed by atoms with van der Waals surface area (Å²) in [4.78, 5) is 33.4.